The molecule has 1 aliphatic carbocycles. The minimum Gasteiger partial charge on any atom is -0.352 e. The van der Waals surface area contributed by atoms with Crippen LogP contribution in [0.4, 0.5) is 5.69 Å². The average molecular weight is 331 g/mol. The third-order valence-electron chi connectivity index (χ3n) is 4.65. The maximum Gasteiger partial charge on any atom is 0.251 e. The van der Waals surface area contributed by atoms with Gasteiger partial charge in [-0.1, -0.05) is 25.8 Å². The molecule has 0 aromatic heterocycles. The predicted octanol–water partition coefficient (Wildman–Crippen LogP) is 2.95. The number of carbonyl (C=O) groups excluding carboxylic acids is 2. The molecule has 0 spiro atoms. The minimum absolute atomic E-state index is 0.0291. The van der Waals surface area contributed by atoms with Gasteiger partial charge in [0.1, 0.15) is 0 Å². The summed E-state index contributed by atoms with van der Waals surface area (Å²) >= 11 is 0. The Bertz CT molecular complexity index is 580. The van der Waals surface area contributed by atoms with Crippen molar-refractivity contribution in [2.75, 3.05) is 25.5 Å². The minimum atomic E-state index is -0.101. The molecule has 5 nitrogen and oxygen atoms in total. The van der Waals surface area contributed by atoms with Gasteiger partial charge in [-0.05, 0) is 50.9 Å². The van der Waals surface area contributed by atoms with Crippen molar-refractivity contribution in [2.45, 2.75) is 52.0 Å². The number of hydrogen-bond acceptors (Lipinski definition) is 3. The predicted molar refractivity (Wildman–Crippen MR) is 97.3 cm³/mol. The third-order valence-corrected chi connectivity index (χ3v) is 4.65. The van der Waals surface area contributed by atoms with Crippen LogP contribution in [0.25, 0.3) is 0 Å². The molecule has 0 bridgehead atoms. The summed E-state index contributed by atoms with van der Waals surface area (Å²) in [5.74, 6) is -0.131. The summed E-state index contributed by atoms with van der Waals surface area (Å²) < 4.78 is 0. The fourth-order valence-corrected chi connectivity index (χ4v) is 3.13. The molecule has 2 N–H and O–H groups in total. The fraction of sp³-hybridized carbons (Fsp3) is 0.579. The Labute approximate surface area is 144 Å². The van der Waals surface area contributed by atoms with E-state index in [1.165, 1.54) is 25.7 Å². The van der Waals surface area contributed by atoms with Crippen molar-refractivity contribution in [3.05, 3.63) is 29.3 Å². The summed E-state index contributed by atoms with van der Waals surface area (Å²) in [7, 11) is 2.01. The number of likely N-dealkylation sites (N-methyl/N-ethyl adjacent to an activating group) is 1. The Morgan fingerprint density at radius 2 is 1.96 bits per heavy atom. The molecule has 1 aliphatic rings. The summed E-state index contributed by atoms with van der Waals surface area (Å²) in [5, 5.41) is 5.81. The molecule has 0 saturated heterocycles. The average Bonchev–Trinajstić information content (AvgIpc) is 3.09. The van der Waals surface area contributed by atoms with E-state index in [2.05, 4.69) is 15.5 Å². The number of hydrogen-bond donors (Lipinski definition) is 2. The molecule has 0 unspecified atom stereocenters. The Kier molecular flexibility index (Phi) is 6.79. The van der Waals surface area contributed by atoms with E-state index < -0.39 is 0 Å². The van der Waals surface area contributed by atoms with Crippen molar-refractivity contribution in [3.8, 4) is 0 Å². The highest BCUT2D eigenvalue weighted by atomic mass is 16.2. The summed E-state index contributed by atoms with van der Waals surface area (Å²) in [6, 6.07) is 5.94. The molecule has 1 aromatic carbocycles. The van der Waals surface area contributed by atoms with E-state index in [4.69, 9.17) is 0 Å². The van der Waals surface area contributed by atoms with Gasteiger partial charge in [-0.3, -0.25) is 14.5 Å². The van der Waals surface area contributed by atoms with E-state index in [1.807, 2.05) is 27.0 Å². The Balaban J connectivity index is 1.97. The Hall–Kier alpha value is -1.88. The first-order valence-electron chi connectivity index (χ1n) is 8.90. The zero-order valence-electron chi connectivity index (χ0n) is 15.0. The SMILES string of the molecule is CCCNC(=O)c1ccc(C)c(NC(=O)CN(C)C2CCCC2)c1. The molecule has 132 valence electrons. The van der Waals surface area contributed by atoms with E-state index in [0.29, 0.717) is 30.4 Å². The number of benzene rings is 1. The number of anilines is 1. The van der Waals surface area contributed by atoms with Crippen LogP contribution in [0.15, 0.2) is 18.2 Å². The summed E-state index contributed by atoms with van der Waals surface area (Å²) in [5.41, 5.74) is 2.25. The zero-order valence-corrected chi connectivity index (χ0v) is 15.0. The molecule has 5 heteroatoms. The second kappa shape index (κ2) is 8.83. The molecule has 2 amide bonds. The lowest BCUT2D eigenvalue weighted by molar-refractivity contribution is -0.117. The van der Waals surface area contributed by atoms with Gasteiger partial charge in [0.05, 0.1) is 6.54 Å². The maximum atomic E-state index is 12.3. The first kappa shape index (κ1) is 18.5. The third kappa shape index (κ3) is 5.06. The highest BCUT2D eigenvalue weighted by Crippen LogP contribution is 2.22. The van der Waals surface area contributed by atoms with Gasteiger partial charge in [0, 0.05) is 23.8 Å². The number of amides is 2. The van der Waals surface area contributed by atoms with Crippen molar-refractivity contribution >= 4 is 17.5 Å². The summed E-state index contributed by atoms with van der Waals surface area (Å²) in [6.45, 7) is 4.99. The van der Waals surface area contributed by atoms with Crippen LogP contribution >= 0.6 is 0 Å². The van der Waals surface area contributed by atoms with E-state index in [-0.39, 0.29) is 11.8 Å². The second-order valence-corrected chi connectivity index (χ2v) is 6.69. The Morgan fingerprint density at radius 1 is 1.25 bits per heavy atom. The number of rotatable bonds is 7. The van der Waals surface area contributed by atoms with E-state index in [0.717, 1.165) is 12.0 Å². The van der Waals surface area contributed by atoms with Crippen molar-refractivity contribution in [1.29, 1.82) is 0 Å². The maximum absolute atomic E-state index is 12.3. The molecular weight excluding hydrogens is 302 g/mol. The molecule has 1 saturated carbocycles. The topological polar surface area (TPSA) is 61.4 Å². The van der Waals surface area contributed by atoms with Crippen LogP contribution in [0.1, 0.15) is 54.9 Å². The van der Waals surface area contributed by atoms with Gasteiger partial charge < -0.3 is 10.6 Å². The first-order valence-corrected chi connectivity index (χ1v) is 8.90. The van der Waals surface area contributed by atoms with E-state index in [9.17, 15) is 9.59 Å². The van der Waals surface area contributed by atoms with Gasteiger partial charge in [0.2, 0.25) is 5.91 Å². The van der Waals surface area contributed by atoms with Crippen molar-refractivity contribution in [2.24, 2.45) is 0 Å². The number of aryl methyl sites for hydroxylation is 1. The van der Waals surface area contributed by atoms with Crippen LogP contribution in [0.3, 0.4) is 0 Å². The van der Waals surface area contributed by atoms with Crippen molar-refractivity contribution in [3.63, 3.8) is 0 Å². The molecule has 1 fully saturated rings. The lowest BCUT2D eigenvalue weighted by Crippen LogP contribution is -2.36. The first-order chi connectivity index (χ1) is 11.5. The van der Waals surface area contributed by atoms with Gasteiger partial charge in [0.25, 0.3) is 5.91 Å². The standard InChI is InChI=1S/C19H29N3O2/c1-4-11-20-19(24)15-10-9-14(2)17(12-15)21-18(23)13-22(3)16-7-5-6-8-16/h9-10,12,16H,4-8,11,13H2,1-3H3,(H,20,24)(H,21,23). The van der Waals surface area contributed by atoms with Gasteiger partial charge >= 0.3 is 0 Å². The lowest BCUT2D eigenvalue weighted by atomic mass is 10.1. The molecular formula is C19H29N3O2. The van der Waals surface area contributed by atoms with Crippen LogP contribution in [-0.4, -0.2) is 42.9 Å². The fourth-order valence-electron chi connectivity index (χ4n) is 3.13. The van der Waals surface area contributed by atoms with Crippen LogP contribution in [0.5, 0.6) is 0 Å². The largest absolute Gasteiger partial charge is 0.352 e. The van der Waals surface area contributed by atoms with E-state index >= 15 is 0 Å². The molecule has 0 aliphatic heterocycles. The molecule has 2 rings (SSSR count). The van der Waals surface area contributed by atoms with Gasteiger partial charge in [-0.25, -0.2) is 0 Å². The summed E-state index contributed by atoms with van der Waals surface area (Å²) in [4.78, 5) is 26.5. The number of nitrogens with zero attached hydrogens (tertiary/aromatic N) is 1. The van der Waals surface area contributed by atoms with Crippen LogP contribution in [-0.2, 0) is 4.79 Å². The highest BCUT2D eigenvalue weighted by molar-refractivity contribution is 5.98. The highest BCUT2D eigenvalue weighted by Gasteiger charge is 2.21. The van der Waals surface area contributed by atoms with Gasteiger partial charge in [-0.2, -0.15) is 0 Å². The normalized spacial score (nSPS) is 14.8. The Morgan fingerprint density at radius 3 is 2.62 bits per heavy atom. The lowest BCUT2D eigenvalue weighted by Gasteiger charge is -2.23. The van der Waals surface area contributed by atoms with Crippen LogP contribution < -0.4 is 10.6 Å². The quantitative estimate of drug-likeness (QED) is 0.807. The monoisotopic (exact) mass is 331 g/mol. The van der Waals surface area contributed by atoms with Crippen molar-refractivity contribution < 1.29 is 9.59 Å². The molecule has 0 heterocycles. The number of nitrogens with one attached hydrogen (secondary N) is 2. The second-order valence-electron chi connectivity index (χ2n) is 6.69. The molecule has 1 aromatic rings. The van der Waals surface area contributed by atoms with Gasteiger partial charge in [-0.15, -0.1) is 0 Å². The van der Waals surface area contributed by atoms with Crippen LogP contribution in [0.2, 0.25) is 0 Å². The molecule has 24 heavy (non-hydrogen) atoms. The number of carbonyl (C=O) groups is 2. The van der Waals surface area contributed by atoms with E-state index in [1.54, 1.807) is 12.1 Å². The zero-order chi connectivity index (χ0) is 17.5. The van der Waals surface area contributed by atoms with Gasteiger partial charge in [0.15, 0.2) is 0 Å². The van der Waals surface area contributed by atoms with Crippen LogP contribution in [0, 0.1) is 6.92 Å². The summed E-state index contributed by atoms with van der Waals surface area (Å²) in [6.07, 6.45) is 5.76. The molecule has 0 atom stereocenters. The smallest absolute Gasteiger partial charge is 0.251 e. The van der Waals surface area contributed by atoms with Crippen molar-refractivity contribution in [1.82, 2.24) is 10.2 Å². The molecule has 0 radical (unpaired) electrons.